The first kappa shape index (κ1) is 9.88. The van der Waals surface area contributed by atoms with Crippen LogP contribution in [0.3, 0.4) is 0 Å². The molecule has 0 amide bonds. The number of nitrogens with two attached hydrogens (primary N) is 1. The van der Waals surface area contributed by atoms with Gasteiger partial charge in [0.2, 0.25) is 0 Å². The van der Waals surface area contributed by atoms with Crippen molar-refractivity contribution in [1.29, 1.82) is 0 Å². The van der Waals surface area contributed by atoms with Gasteiger partial charge in [-0.05, 0) is 6.07 Å². The van der Waals surface area contributed by atoms with E-state index in [0.717, 1.165) is 5.52 Å². The highest BCUT2D eigenvalue weighted by Crippen LogP contribution is 2.16. The highest BCUT2D eigenvalue weighted by molar-refractivity contribution is 5.84. The van der Waals surface area contributed by atoms with Gasteiger partial charge in [-0.3, -0.25) is 0 Å². The van der Waals surface area contributed by atoms with Gasteiger partial charge in [-0.2, -0.15) is 0 Å². The summed E-state index contributed by atoms with van der Waals surface area (Å²) in [6, 6.07) is 1.77. The lowest BCUT2D eigenvalue weighted by molar-refractivity contribution is 0.0821. The number of hydrogen-bond acceptors (Lipinski definition) is 5. The smallest absolute Gasteiger partial charge is 0.151 e. The quantitative estimate of drug-likeness (QED) is 0.623. The summed E-state index contributed by atoms with van der Waals surface area (Å²) in [4.78, 5) is 8.00. The summed E-state index contributed by atoms with van der Waals surface area (Å²) >= 11 is 0. The maximum Gasteiger partial charge on any atom is 0.151 e. The van der Waals surface area contributed by atoms with E-state index >= 15 is 0 Å². The molecule has 0 fully saturated rings. The summed E-state index contributed by atoms with van der Waals surface area (Å²) < 4.78 is 1.73. The first-order chi connectivity index (χ1) is 7.22. The van der Waals surface area contributed by atoms with Crippen LogP contribution in [-0.4, -0.2) is 37.5 Å². The first-order valence-corrected chi connectivity index (χ1v) is 4.56. The van der Waals surface area contributed by atoms with Crippen LogP contribution in [0.2, 0.25) is 0 Å². The van der Waals surface area contributed by atoms with Crippen molar-refractivity contribution in [2.24, 2.45) is 0 Å². The van der Waals surface area contributed by atoms with Crippen molar-refractivity contribution in [3.8, 4) is 0 Å². The highest BCUT2D eigenvalue weighted by atomic mass is 16.3. The molecule has 4 N–H and O–H groups in total. The van der Waals surface area contributed by atoms with E-state index in [9.17, 15) is 5.11 Å². The largest absolute Gasteiger partial charge is 0.394 e. The van der Waals surface area contributed by atoms with E-state index in [4.69, 9.17) is 10.8 Å². The average Bonchev–Trinajstić information content (AvgIpc) is 2.63. The van der Waals surface area contributed by atoms with Gasteiger partial charge >= 0.3 is 0 Å². The Morgan fingerprint density at radius 1 is 1.47 bits per heavy atom. The lowest BCUT2D eigenvalue weighted by Gasteiger charge is -2.08. The van der Waals surface area contributed by atoms with E-state index in [-0.39, 0.29) is 13.2 Å². The number of anilines is 1. The predicted molar refractivity (Wildman–Crippen MR) is 55.0 cm³/mol. The number of rotatable bonds is 3. The van der Waals surface area contributed by atoms with E-state index in [1.54, 1.807) is 23.2 Å². The van der Waals surface area contributed by atoms with Crippen LogP contribution in [0.25, 0.3) is 11.0 Å². The fourth-order valence-electron chi connectivity index (χ4n) is 1.44. The van der Waals surface area contributed by atoms with Crippen molar-refractivity contribution in [2.45, 2.75) is 12.6 Å². The Morgan fingerprint density at radius 3 is 3.00 bits per heavy atom. The Kier molecular flexibility index (Phi) is 2.53. The third kappa shape index (κ3) is 1.77. The number of nitrogen functional groups attached to an aromatic ring is 1. The predicted octanol–water partition coefficient (Wildman–Crippen LogP) is -0.633. The summed E-state index contributed by atoms with van der Waals surface area (Å²) in [6.07, 6.45) is 2.36. The lowest BCUT2D eigenvalue weighted by Crippen LogP contribution is -2.19. The monoisotopic (exact) mass is 208 g/mol. The number of fused-ring (bicyclic) bond motifs is 1. The van der Waals surface area contributed by atoms with Gasteiger partial charge in [-0.1, -0.05) is 0 Å². The molecule has 6 nitrogen and oxygen atoms in total. The molecule has 0 unspecified atom stereocenters. The number of aliphatic hydroxyl groups is 2. The zero-order chi connectivity index (χ0) is 10.8. The van der Waals surface area contributed by atoms with Crippen LogP contribution in [0.5, 0.6) is 0 Å². The minimum Gasteiger partial charge on any atom is -0.394 e. The summed E-state index contributed by atoms with van der Waals surface area (Å²) in [7, 11) is 0. The van der Waals surface area contributed by atoms with Crippen molar-refractivity contribution in [2.75, 3.05) is 12.3 Å². The van der Waals surface area contributed by atoms with Crippen LogP contribution < -0.4 is 5.73 Å². The van der Waals surface area contributed by atoms with Crippen LogP contribution >= 0.6 is 0 Å². The van der Waals surface area contributed by atoms with Gasteiger partial charge in [-0.15, -0.1) is 0 Å². The van der Waals surface area contributed by atoms with Gasteiger partial charge < -0.3 is 20.5 Å². The molecule has 1 atom stereocenters. The average molecular weight is 208 g/mol. The van der Waals surface area contributed by atoms with Gasteiger partial charge in [0.25, 0.3) is 0 Å². The highest BCUT2D eigenvalue weighted by Gasteiger charge is 2.09. The Morgan fingerprint density at radius 2 is 2.27 bits per heavy atom. The fourth-order valence-corrected chi connectivity index (χ4v) is 1.44. The summed E-state index contributed by atoms with van der Waals surface area (Å²) in [5.74, 6) is 0.365. The molecule has 0 aliphatic heterocycles. The van der Waals surface area contributed by atoms with Gasteiger partial charge in [0.05, 0.1) is 31.1 Å². The molecule has 2 rings (SSSR count). The minimum atomic E-state index is -0.795. The third-order valence-electron chi connectivity index (χ3n) is 2.19. The van der Waals surface area contributed by atoms with Crippen molar-refractivity contribution >= 4 is 16.9 Å². The fraction of sp³-hybridized carbons (Fsp3) is 0.333. The number of hydrogen-bond donors (Lipinski definition) is 3. The maximum absolute atomic E-state index is 9.31. The molecule has 2 heterocycles. The zero-order valence-electron chi connectivity index (χ0n) is 8.04. The topological polar surface area (TPSA) is 97.2 Å². The molecule has 0 saturated heterocycles. The van der Waals surface area contributed by atoms with E-state index in [1.165, 1.54) is 0 Å². The molecular weight excluding hydrogens is 196 g/mol. The van der Waals surface area contributed by atoms with Crippen molar-refractivity contribution < 1.29 is 10.2 Å². The maximum atomic E-state index is 9.31. The van der Waals surface area contributed by atoms with Crippen LogP contribution in [-0.2, 0) is 6.54 Å². The molecule has 0 radical (unpaired) electrons. The van der Waals surface area contributed by atoms with Crippen LogP contribution in [0.1, 0.15) is 0 Å². The van der Waals surface area contributed by atoms with E-state index in [1.807, 2.05) is 0 Å². The van der Waals surface area contributed by atoms with Crippen LogP contribution in [0.15, 0.2) is 18.6 Å². The Hall–Kier alpha value is -1.66. The van der Waals surface area contributed by atoms with Crippen molar-refractivity contribution in [3.05, 3.63) is 18.6 Å². The Balaban J connectivity index is 2.41. The number of imidazole rings is 1. The second-order valence-corrected chi connectivity index (χ2v) is 3.30. The molecule has 0 saturated carbocycles. The molecular formula is C9H12N4O2. The molecule has 0 aliphatic rings. The van der Waals surface area contributed by atoms with Gasteiger partial charge in [0.15, 0.2) is 5.82 Å². The molecule has 15 heavy (non-hydrogen) atoms. The standard InChI is InChI=1S/C9H12N4O2/c10-9-8-7(1-2-11-9)13(5-12-8)3-6(15)4-14/h1-2,5-6,14-15H,3-4H2,(H2,10,11)/t6-/m1/s1. The summed E-state index contributed by atoms with van der Waals surface area (Å²) in [6.45, 7) is 0.0106. The molecule has 0 bridgehead atoms. The summed E-state index contributed by atoms with van der Waals surface area (Å²) in [5.41, 5.74) is 7.05. The molecule has 2 aromatic heterocycles. The third-order valence-corrected chi connectivity index (χ3v) is 2.19. The van der Waals surface area contributed by atoms with Crippen molar-refractivity contribution in [3.63, 3.8) is 0 Å². The van der Waals surface area contributed by atoms with Crippen molar-refractivity contribution in [1.82, 2.24) is 14.5 Å². The van der Waals surface area contributed by atoms with Crippen LogP contribution in [0, 0.1) is 0 Å². The van der Waals surface area contributed by atoms with E-state index in [0.29, 0.717) is 11.3 Å². The second-order valence-electron chi connectivity index (χ2n) is 3.30. The Bertz CT molecular complexity index is 468. The van der Waals surface area contributed by atoms with Gasteiger partial charge in [0.1, 0.15) is 5.52 Å². The molecule has 6 heteroatoms. The van der Waals surface area contributed by atoms with E-state index in [2.05, 4.69) is 9.97 Å². The lowest BCUT2D eigenvalue weighted by atomic mass is 10.3. The zero-order valence-corrected chi connectivity index (χ0v) is 8.04. The molecule has 0 aliphatic carbocycles. The number of aromatic nitrogens is 3. The molecule has 2 aromatic rings. The normalized spacial score (nSPS) is 13.2. The molecule has 0 aromatic carbocycles. The number of nitrogens with zero attached hydrogens (tertiary/aromatic N) is 3. The first-order valence-electron chi connectivity index (χ1n) is 4.56. The van der Waals surface area contributed by atoms with Gasteiger partial charge in [-0.25, -0.2) is 9.97 Å². The second kappa shape index (κ2) is 3.84. The Labute approximate surface area is 86.0 Å². The number of pyridine rings is 1. The summed E-state index contributed by atoms with van der Waals surface area (Å²) in [5, 5.41) is 18.1. The van der Waals surface area contributed by atoms with Crippen LogP contribution in [0.4, 0.5) is 5.82 Å². The number of aliphatic hydroxyl groups excluding tert-OH is 2. The van der Waals surface area contributed by atoms with E-state index < -0.39 is 6.10 Å². The van der Waals surface area contributed by atoms with Gasteiger partial charge in [0, 0.05) is 6.20 Å². The molecule has 80 valence electrons. The minimum absolute atomic E-state index is 0.278. The SMILES string of the molecule is Nc1nccc2c1ncn2C[C@@H](O)CO. The molecule has 0 spiro atoms.